The van der Waals surface area contributed by atoms with Crippen molar-refractivity contribution in [2.75, 3.05) is 13.2 Å². The Morgan fingerprint density at radius 2 is 1.26 bits per heavy atom. The lowest BCUT2D eigenvalue weighted by atomic mass is 9.97. The van der Waals surface area contributed by atoms with E-state index in [1.165, 1.54) is 0 Å². The lowest BCUT2D eigenvalue weighted by Crippen LogP contribution is -2.64. The van der Waals surface area contributed by atoms with Crippen LogP contribution in [0.2, 0.25) is 0 Å². The molecule has 2 aliphatic rings. The molecule has 2 aliphatic heterocycles. The van der Waals surface area contributed by atoms with Crippen LogP contribution in [0.25, 0.3) is 0 Å². The first-order chi connectivity index (χ1) is 10.8. The van der Waals surface area contributed by atoms with Crippen LogP contribution < -0.4 is 0 Å². The van der Waals surface area contributed by atoms with Gasteiger partial charge in [-0.25, -0.2) is 0 Å². The fourth-order valence-electron chi connectivity index (χ4n) is 2.57. The smallest absolute Gasteiger partial charge is 0.187 e. The lowest BCUT2D eigenvalue weighted by Gasteiger charge is -2.45. The molecular weight excluding hydrogens is 320 g/mol. The Bertz CT molecular complexity index is 378. The van der Waals surface area contributed by atoms with E-state index in [0.717, 1.165) is 0 Å². The summed E-state index contributed by atoms with van der Waals surface area (Å²) in [5.74, 6) is 0. The van der Waals surface area contributed by atoms with Gasteiger partial charge in [0.25, 0.3) is 0 Å². The third-order valence-corrected chi connectivity index (χ3v) is 3.98. The molecule has 0 aromatic carbocycles. The van der Waals surface area contributed by atoms with Crippen LogP contribution in [0.1, 0.15) is 0 Å². The molecule has 0 radical (unpaired) electrons. The predicted molar refractivity (Wildman–Crippen MR) is 68.6 cm³/mol. The molecule has 0 bridgehead atoms. The Balaban J connectivity index is 2.11. The first kappa shape index (κ1) is 18.9. The van der Waals surface area contributed by atoms with Gasteiger partial charge in [-0.05, 0) is 0 Å². The van der Waals surface area contributed by atoms with E-state index in [1.54, 1.807) is 0 Å². The standard InChI is InChI=1S/C12H22O11/c13-1-3-5(15)6(16)9(19)12(22-3)23-10-4(2-14)21-11(20)8(18)7(10)17/h3-20H,1-2H2/t3-,4+,5+,6-,7+,8-,9+,10+,11+,12-/m0/s1. The maximum atomic E-state index is 9.94. The Labute approximate surface area is 130 Å². The van der Waals surface area contributed by atoms with Gasteiger partial charge in [0, 0.05) is 0 Å². The van der Waals surface area contributed by atoms with Gasteiger partial charge >= 0.3 is 0 Å². The second-order valence-electron chi connectivity index (χ2n) is 5.53. The minimum atomic E-state index is -1.74. The van der Waals surface area contributed by atoms with Gasteiger partial charge < -0.3 is 55.1 Å². The summed E-state index contributed by atoms with van der Waals surface area (Å²) in [5, 5.41) is 76.5. The predicted octanol–water partition coefficient (Wildman–Crippen LogP) is -5.40. The van der Waals surface area contributed by atoms with Crippen molar-refractivity contribution >= 4 is 0 Å². The van der Waals surface area contributed by atoms with Gasteiger partial charge in [0.2, 0.25) is 0 Å². The molecule has 2 saturated heterocycles. The molecule has 2 fully saturated rings. The monoisotopic (exact) mass is 342 g/mol. The van der Waals surface area contributed by atoms with Crippen LogP contribution in [-0.4, -0.2) is 115 Å². The zero-order valence-corrected chi connectivity index (χ0v) is 12.0. The summed E-state index contributed by atoms with van der Waals surface area (Å²) in [4.78, 5) is 0. The molecule has 11 nitrogen and oxygen atoms in total. The highest BCUT2D eigenvalue weighted by Crippen LogP contribution is 2.28. The van der Waals surface area contributed by atoms with Crippen molar-refractivity contribution < 1.29 is 55.1 Å². The fraction of sp³-hybridized carbons (Fsp3) is 1.00. The van der Waals surface area contributed by atoms with Gasteiger partial charge in [-0.3, -0.25) is 0 Å². The largest absolute Gasteiger partial charge is 0.394 e. The molecule has 2 rings (SSSR count). The van der Waals surface area contributed by atoms with Gasteiger partial charge in [-0.2, -0.15) is 0 Å². The van der Waals surface area contributed by atoms with E-state index in [1.807, 2.05) is 0 Å². The van der Waals surface area contributed by atoms with Gasteiger partial charge in [-0.1, -0.05) is 0 Å². The van der Waals surface area contributed by atoms with E-state index in [9.17, 15) is 35.7 Å². The molecule has 0 aromatic rings. The van der Waals surface area contributed by atoms with Gasteiger partial charge in [-0.15, -0.1) is 0 Å². The van der Waals surface area contributed by atoms with Crippen molar-refractivity contribution in [1.29, 1.82) is 0 Å². The molecule has 0 spiro atoms. The summed E-state index contributed by atoms with van der Waals surface area (Å²) in [6, 6.07) is 0. The maximum Gasteiger partial charge on any atom is 0.187 e. The Kier molecular flexibility index (Phi) is 6.27. The topological polar surface area (TPSA) is 190 Å². The molecule has 0 aromatic heterocycles. The third-order valence-electron chi connectivity index (χ3n) is 3.98. The van der Waals surface area contributed by atoms with E-state index in [0.29, 0.717) is 0 Å². The zero-order valence-electron chi connectivity index (χ0n) is 12.0. The van der Waals surface area contributed by atoms with Crippen molar-refractivity contribution in [3.8, 4) is 0 Å². The Morgan fingerprint density at radius 1 is 0.652 bits per heavy atom. The van der Waals surface area contributed by atoms with Crippen molar-refractivity contribution in [2.24, 2.45) is 0 Å². The molecule has 10 atom stereocenters. The van der Waals surface area contributed by atoms with Gasteiger partial charge in [0.05, 0.1) is 13.2 Å². The normalized spacial score (nSPS) is 51.7. The van der Waals surface area contributed by atoms with Crippen LogP contribution >= 0.6 is 0 Å². The number of rotatable bonds is 4. The lowest BCUT2D eigenvalue weighted by molar-refractivity contribution is -0.355. The van der Waals surface area contributed by atoms with Crippen molar-refractivity contribution in [3.63, 3.8) is 0 Å². The first-order valence-electron chi connectivity index (χ1n) is 7.08. The van der Waals surface area contributed by atoms with Gasteiger partial charge in [0.1, 0.15) is 48.8 Å². The Morgan fingerprint density at radius 3 is 1.83 bits per heavy atom. The fourth-order valence-corrected chi connectivity index (χ4v) is 2.57. The minimum absolute atomic E-state index is 0.667. The quantitative estimate of drug-likeness (QED) is 0.243. The van der Waals surface area contributed by atoms with Crippen LogP contribution in [0.3, 0.4) is 0 Å². The SMILES string of the molecule is OC[C@@H]1O[C@@H](O[C@H]2[C@H](O)[C@H](O)[C@H](O)O[C@@H]2CO)[C@H](O)[C@@H](O)[C@@H]1O. The number of ether oxygens (including phenoxy) is 3. The molecule has 0 amide bonds. The molecule has 23 heavy (non-hydrogen) atoms. The minimum Gasteiger partial charge on any atom is -0.394 e. The highest BCUT2D eigenvalue weighted by Gasteiger charge is 2.50. The second-order valence-corrected chi connectivity index (χ2v) is 5.53. The van der Waals surface area contributed by atoms with Crippen LogP contribution in [-0.2, 0) is 14.2 Å². The van der Waals surface area contributed by atoms with E-state index in [4.69, 9.17) is 19.3 Å². The average molecular weight is 342 g/mol. The average Bonchev–Trinajstić information content (AvgIpc) is 2.55. The highest BCUT2D eigenvalue weighted by atomic mass is 16.7. The summed E-state index contributed by atoms with van der Waals surface area (Å²) >= 11 is 0. The highest BCUT2D eigenvalue weighted by molar-refractivity contribution is 4.93. The molecule has 2 heterocycles. The number of hydrogen-bond acceptors (Lipinski definition) is 11. The van der Waals surface area contributed by atoms with Crippen molar-refractivity contribution in [1.82, 2.24) is 0 Å². The summed E-state index contributed by atoms with van der Waals surface area (Å²) in [6.45, 7) is -1.35. The Hall–Kier alpha value is -0.440. The number of hydrogen-bond donors (Lipinski definition) is 8. The van der Waals surface area contributed by atoms with E-state index in [-0.39, 0.29) is 0 Å². The molecule has 11 heteroatoms. The molecule has 0 unspecified atom stereocenters. The molecular formula is C12H22O11. The number of aliphatic hydroxyl groups is 8. The van der Waals surface area contributed by atoms with E-state index in [2.05, 4.69) is 0 Å². The molecule has 8 N–H and O–H groups in total. The zero-order chi connectivity index (χ0) is 17.3. The molecule has 136 valence electrons. The van der Waals surface area contributed by atoms with Crippen molar-refractivity contribution in [3.05, 3.63) is 0 Å². The van der Waals surface area contributed by atoms with E-state index < -0.39 is 74.6 Å². The second kappa shape index (κ2) is 7.63. The molecule has 0 aliphatic carbocycles. The third kappa shape index (κ3) is 3.65. The van der Waals surface area contributed by atoms with Crippen LogP contribution in [0.4, 0.5) is 0 Å². The summed E-state index contributed by atoms with van der Waals surface area (Å²) in [7, 11) is 0. The van der Waals surface area contributed by atoms with E-state index >= 15 is 0 Å². The number of aliphatic hydroxyl groups excluding tert-OH is 8. The van der Waals surface area contributed by atoms with Crippen LogP contribution in [0.5, 0.6) is 0 Å². The summed E-state index contributed by atoms with van der Waals surface area (Å²) in [6.07, 6.45) is -15.6. The summed E-state index contributed by atoms with van der Waals surface area (Å²) < 4.78 is 15.3. The van der Waals surface area contributed by atoms with Crippen LogP contribution in [0.15, 0.2) is 0 Å². The van der Waals surface area contributed by atoms with Gasteiger partial charge in [0.15, 0.2) is 12.6 Å². The molecule has 0 saturated carbocycles. The van der Waals surface area contributed by atoms with Crippen LogP contribution in [0, 0.1) is 0 Å². The maximum absolute atomic E-state index is 9.94. The van der Waals surface area contributed by atoms with Crippen molar-refractivity contribution in [2.45, 2.75) is 61.4 Å². The summed E-state index contributed by atoms with van der Waals surface area (Å²) in [5.41, 5.74) is 0. The first-order valence-corrected chi connectivity index (χ1v) is 7.08.